The fraction of sp³-hybridized carbons (Fsp3) is 0.700. The van der Waals surface area contributed by atoms with Crippen LogP contribution in [0.25, 0.3) is 6.08 Å². The van der Waals surface area contributed by atoms with Crippen LogP contribution in [-0.4, -0.2) is 47.1 Å². The van der Waals surface area contributed by atoms with E-state index >= 15 is 0 Å². The van der Waals surface area contributed by atoms with Gasteiger partial charge in [-0.3, -0.25) is 4.79 Å². The molecule has 5 aliphatic carbocycles. The minimum atomic E-state index is -0.543. The highest BCUT2D eigenvalue weighted by atomic mass is 16.5. The molecule has 6 rings (SSSR count). The highest BCUT2D eigenvalue weighted by molar-refractivity contribution is 5.87. The number of ether oxygens (including phenoxy) is 2. The molecule has 0 spiro atoms. The number of aromatic hydroxyl groups is 2. The first-order chi connectivity index (χ1) is 22.1. The van der Waals surface area contributed by atoms with Crippen molar-refractivity contribution < 1.29 is 34.4 Å². The van der Waals surface area contributed by atoms with Gasteiger partial charge in [0.25, 0.3) is 0 Å². The molecule has 0 aromatic heterocycles. The molecular formula is C40H56O7. The van der Waals surface area contributed by atoms with Crippen molar-refractivity contribution in [2.24, 2.45) is 56.7 Å². The fourth-order valence-corrected chi connectivity index (χ4v) is 12.9. The molecular weight excluding hydrogens is 592 g/mol. The number of aliphatic hydroxyl groups excluding tert-OH is 1. The maximum atomic E-state index is 13.7. The van der Waals surface area contributed by atoms with Crippen LogP contribution in [0.1, 0.15) is 104 Å². The number of phenols is 2. The predicted molar refractivity (Wildman–Crippen MR) is 181 cm³/mol. The van der Waals surface area contributed by atoms with Crippen LogP contribution < -0.4 is 0 Å². The Labute approximate surface area is 280 Å². The quantitative estimate of drug-likeness (QED) is 0.125. The van der Waals surface area contributed by atoms with Gasteiger partial charge in [-0.2, -0.15) is 0 Å². The summed E-state index contributed by atoms with van der Waals surface area (Å²) >= 11 is 0. The van der Waals surface area contributed by atoms with Crippen LogP contribution in [0.15, 0.2) is 36.4 Å². The number of benzene rings is 1. The maximum absolute atomic E-state index is 13.7. The number of phenolic OH excluding ortho intramolecular Hbond substituents is 2. The average Bonchev–Trinajstić information content (AvgIpc) is 3.43. The Kier molecular flexibility index (Phi) is 8.46. The lowest BCUT2D eigenvalue weighted by molar-refractivity contribution is -0.263. The number of aliphatic hydroxyl groups is 1. The zero-order valence-corrected chi connectivity index (χ0v) is 29.3. The average molecular weight is 649 g/mol. The molecule has 0 saturated heterocycles. The molecule has 0 aliphatic heterocycles. The van der Waals surface area contributed by atoms with E-state index in [1.54, 1.807) is 12.1 Å². The zero-order chi connectivity index (χ0) is 34.2. The number of fused-ring (bicyclic) bond motifs is 7. The van der Waals surface area contributed by atoms with Gasteiger partial charge in [-0.15, -0.1) is 0 Å². The van der Waals surface area contributed by atoms with E-state index in [2.05, 4.69) is 41.2 Å². The second-order valence-corrected chi connectivity index (χ2v) is 17.1. The van der Waals surface area contributed by atoms with Gasteiger partial charge in [0.1, 0.15) is 0 Å². The van der Waals surface area contributed by atoms with Crippen LogP contribution in [0, 0.1) is 56.7 Å². The lowest BCUT2D eigenvalue weighted by Crippen LogP contribution is -2.69. The van der Waals surface area contributed by atoms with Gasteiger partial charge in [-0.05, 0) is 141 Å². The number of carbonyl (C=O) groups is 2. The Hall–Kier alpha value is -2.80. The molecule has 5 aliphatic rings. The third kappa shape index (κ3) is 4.91. The van der Waals surface area contributed by atoms with Crippen LogP contribution >= 0.6 is 0 Å². The van der Waals surface area contributed by atoms with Gasteiger partial charge < -0.3 is 24.8 Å². The minimum Gasteiger partial charge on any atom is -0.504 e. The van der Waals surface area contributed by atoms with E-state index in [1.807, 2.05) is 0 Å². The van der Waals surface area contributed by atoms with Gasteiger partial charge >= 0.3 is 11.9 Å². The highest BCUT2D eigenvalue weighted by Gasteiger charge is 2.73. The SMILES string of the molecule is C=C(C)[C@@H]1CC[C@]2(C(=O)OC)CC[C@]3(COC(=O)/C=C/c4ccc(O)c(O)c4)[C@H](CC[C@@H]4[C@@]5(C)CC[C@@H](O)C(C)(C)[C@@H]5CC[C@]43C)[C@@H]12. The van der Waals surface area contributed by atoms with Crippen LogP contribution in [0.3, 0.4) is 0 Å². The Morgan fingerprint density at radius 2 is 1.68 bits per heavy atom. The molecule has 7 heteroatoms. The summed E-state index contributed by atoms with van der Waals surface area (Å²) in [6, 6.07) is 4.44. The minimum absolute atomic E-state index is 0.0544. The molecule has 0 bridgehead atoms. The molecule has 0 amide bonds. The van der Waals surface area contributed by atoms with E-state index in [1.165, 1.54) is 25.3 Å². The van der Waals surface area contributed by atoms with Gasteiger partial charge in [0.2, 0.25) is 0 Å². The van der Waals surface area contributed by atoms with Crippen molar-refractivity contribution in [2.45, 2.75) is 105 Å². The lowest BCUT2D eigenvalue weighted by atomic mass is 9.32. The first kappa shape index (κ1) is 34.1. The molecule has 10 atom stereocenters. The summed E-state index contributed by atoms with van der Waals surface area (Å²) in [5.41, 5.74) is 0.599. The molecule has 7 nitrogen and oxygen atoms in total. The monoisotopic (exact) mass is 648 g/mol. The van der Waals surface area contributed by atoms with Gasteiger partial charge in [-0.25, -0.2) is 4.79 Å². The normalized spacial score (nSPS) is 42.0. The number of esters is 2. The Balaban J connectivity index is 1.40. The third-order valence-corrected chi connectivity index (χ3v) is 15.2. The van der Waals surface area contributed by atoms with Crippen LogP contribution in [0.5, 0.6) is 11.5 Å². The standard InChI is InChI=1S/C40H56O7/c1-24(2)26-14-19-39(35(45)46-7)20-21-40(23-47-33(44)13-9-25-8-11-28(41)29(42)22-25)27(34(26)39)10-12-31-37(5)17-16-32(43)36(3,4)30(37)15-18-38(31,40)6/h8-9,11,13,22,26-27,30-32,34,41-43H,1,10,12,14-21,23H2,2-7H3/b13-9+/t26-,27+,30-,31+,32+,34+,37-,38+,39-,40-/m0/s1. The molecule has 1 aromatic rings. The lowest BCUT2D eigenvalue weighted by Gasteiger charge is -2.73. The first-order valence-corrected chi connectivity index (χ1v) is 17.9. The second kappa shape index (κ2) is 11.7. The number of allylic oxidation sites excluding steroid dienone is 1. The number of hydrogen-bond donors (Lipinski definition) is 3. The summed E-state index contributed by atoms with van der Waals surface area (Å²) in [7, 11) is 1.52. The first-order valence-electron chi connectivity index (χ1n) is 17.9. The molecule has 0 heterocycles. The number of methoxy groups -OCH3 is 1. The number of carbonyl (C=O) groups excluding carboxylic acids is 2. The van der Waals surface area contributed by atoms with Crippen molar-refractivity contribution in [3.63, 3.8) is 0 Å². The number of hydrogen-bond acceptors (Lipinski definition) is 7. The molecule has 0 radical (unpaired) electrons. The van der Waals surface area contributed by atoms with E-state index in [4.69, 9.17) is 9.47 Å². The van der Waals surface area contributed by atoms with E-state index < -0.39 is 11.4 Å². The maximum Gasteiger partial charge on any atom is 0.330 e. The largest absolute Gasteiger partial charge is 0.504 e. The third-order valence-electron chi connectivity index (χ3n) is 15.2. The van der Waals surface area contributed by atoms with E-state index in [-0.39, 0.29) is 69.6 Å². The smallest absolute Gasteiger partial charge is 0.330 e. The Morgan fingerprint density at radius 3 is 2.36 bits per heavy atom. The van der Waals surface area contributed by atoms with E-state index in [0.717, 1.165) is 69.8 Å². The molecule has 3 N–H and O–H groups in total. The second-order valence-electron chi connectivity index (χ2n) is 17.1. The van der Waals surface area contributed by atoms with E-state index in [9.17, 15) is 24.9 Å². The fourth-order valence-electron chi connectivity index (χ4n) is 12.9. The topological polar surface area (TPSA) is 113 Å². The molecule has 47 heavy (non-hydrogen) atoms. The molecule has 258 valence electrons. The van der Waals surface area contributed by atoms with Gasteiger partial charge in [0.05, 0.1) is 25.2 Å². The van der Waals surface area contributed by atoms with Crippen LogP contribution in [0.2, 0.25) is 0 Å². The van der Waals surface area contributed by atoms with Gasteiger partial charge in [0, 0.05) is 11.5 Å². The number of rotatable bonds is 6. The summed E-state index contributed by atoms with van der Waals surface area (Å²) < 4.78 is 11.9. The summed E-state index contributed by atoms with van der Waals surface area (Å²) in [6.07, 6.45) is 11.8. The molecule has 1 aromatic carbocycles. The summed E-state index contributed by atoms with van der Waals surface area (Å²) in [4.78, 5) is 27.2. The van der Waals surface area contributed by atoms with E-state index in [0.29, 0.717) is 17.4 Å². The van der Waals surface area contributed by atoms with Crippen molar-refractivity contribution in [3.05, 3.63) is 42.0 Å². The summed E-state index contributed by atoms with van der Waals surface area (Å²) in [5, 5.41) is 30.7. The predicted octanol–water partition coefficient (Wildman–Crippen LogP) is 7.83. The Bertz CT molecular complexity index is 1460. The van der Waals surface area contributed by atoms with Crippen molar-refractivity contribution in [3.8, 4) is 11.5 Å². The zero-order valence-electron chi connectivity index (χ0n) is 29.3. The molecule has 5 saturated carbocycles. The van der Waals surface area contributed by atoms with Crippen LogP contribution in [-0.2, 0) is 19.1 Å². The van der Waals surface area contributed by atoms with Gasteiger partial charge in [-0.1, -0.05) is 45.9 Å². The molecule has 5 fully saturated rings. The van der Waals surface area contributed by atoms with Crippen molar-refractivity contribution in [1.82, 2.24) is 0 Å². The van der Waals surface area contributed by atoms with Crippen molar-refractivity contribution >= 4 is 18.0 Å². The van der Waals surface area contributed by atoms with Crippen LogP contribution in [0.4, 0.5) is 0 Å². The molecule has 0 unspecified atom stereocenters. The highest BCUT2D eigenvalue weighted by Crippen LogP contribution is 2.77. The summed E-state index contributed by atoms with van der Waals surface area (Å²) in [6.45, 7) is 16.3. The Morgan fingerprint density at radius 1 is 0.936 bits per heavy atom. The summed E-state index contributed by atoms with van der Waals surface area (Å²) in [5.74, 6) is 0.297. The van der Waals surface area contributed by atoms with Crippen molar-refractivity contribution in [2.75, 3.05) is 13.7 Å². The van der Waals surface area contributed by atoms with Gasteiger partial charge in [0.15, 0.2) is 11.5 Å². The van der Waals surface area contributed by atoms with Crippen molar-refractivity contribution in [1.29, 1.82) is 0 Å².